The van der Waals surface area contributed by atoms with Crippen LogP contribution >= 0.6 is 0 Å². The summed E-state index contributed by atoms with van der Waals surface area (Å²) in [7, 11) is -3.32. The van der Waals surface area contributed by atoms with Crippen molar-refractivity contribution in [2.24, 2.45) is 0 Å². The minimum Gasteiger partial charge on any atom is -0.480 e. The van der Waals surface area contributed by atoms with Crippen LogP contribution in [0.15, 0.2) is 29.2 Å². The van der Waals surface area contributed by atoms with Gasteiger partial charge in [0.25, 0.3) is 0 Å². The van der Waals surface area contributed by atoms with E-state index in [-0.39, 0.29) is 5.75 Å². The van der Waals surface area contributed by atoms with Crippen LogP contribution in [0.25, 0.3) is 0 Å². The molecule has 104 valence electrons. The molecule has 0 saturated carbocycles. The van der Waals surface area contributed by atoms with Crippen molar-refractivity contribution in [3.8, 4) is 0 Å². The molecule has 1 aliphatic rings. The second kappa shape index (κ2) is 4.61. The number of hydrogen-bond acceptors (Lipinski definition) is 4. The van der Waals surface area contributed by atoms with Gasteiger partial charge >= 0.3 is 5.97 Å². The number of aliphatic carboxylic acids is 1. The van der Waals surface area contributed by atoms with Crippen LogP contribution in [0.4, 0.5) is 0 Å². The van der Waals surface area contributed by atoms with E-state index in [0.717, 1.165) is 0 Å². The standard InChI is InChI=1S/C13H17NO4S/c1-3-13(2,12(15)16)14-10-8-19(17,18)11-7-5-4-6-9(10)11/h4-7,10,14H,3,8H2,1-2H3,(H,15,16). The number of carboxylic acids is 1. The third-order valence-corrected chi connectivity index (χ3v) is 5.50. The summed E-state index contributed by atoms with van der Waals surface area (Å²) in [4.78, 5) is 11.6. The summed E-state index contributed by atoms with van der Waals surface area (Å²) in [6.07, 6.45) is 0.376. The summed E-state index contributed by atoms with van der Waals surface area (Å²) in [6, 6.07) is 6.27. The van der Waals surface area contributed by atoms with Gasteiger partial charge in [0.05, 0.1) is 10.6 Å². The number of hydrogen-bond donors (Lipinski definition) is 2. The topological polar surface area (TPSA) is 83.5 Å². The Hall–Kier alpha value is -1.40. The van der Waals surface area contributed by atoms with Crippen molar-refractivity contribution in [1.82, 2.24) is 5.32 Å². The van der Waals surface area contributed by atoms with Crippen molar-refractivity contribution in [2.45, 2.75) is 36.7 Å². The zero-order valence-electron chi connectivity index (χ0n) is 10.9. The first-order chi connectivity index (χ1) is 8.80. The zero-order valence-corrected chi connectivity index (χ0v) is 11.7. The summed E-state index contributed by atoms with van der Waals surface area (Å²) in [5.74, 6) is -1.06. The Bertz CT molecular complexity index is 611. The van der Waals surface area contributed by atoms with Crippen LogP contribution in [0, 0.1) is 0 Å². The van der Waals surface area contributed by atoms with Crippen LogP contribution in [-0.4, -0.2) is 30.8 Å². The molecule has 0 spiro atoms. The van der Waals surface area contributed by atoms with Gasteiger partial charge in [-0.1, -0.05) is 25.1 Å². The van der Waals surface area contributed by atoms with Crippen molar-refractivity contribution in [3.05, 3.63) is 29.8 Å². The van der Waals surface area contributed by atoms with Gasteiger partial charge in [-0.25, -0.2) is 8.42 Å². The van der Waals surface area contributed by atoms with Crippen LogP contribution in [0.2, 0.25) is 0 Å². The number of benzene rings is 1. The molecular weight excluding hydrogens is 266 g/mol. The van der Waals surface area contributed by atoms with E-state index in [1.807, 2.05) is 0 Å². The smallest absolute Gasteiger partial charge is 0.323 e. The van der Waals surface area contributed by atoms with E-state index in [0.29, 0.717) is 16.9 Å². The second-order valence-electron chi connectivity index (χ2n) is 5.01. The molecule has 2 atom stereocenters. The van der Waals surface area contributed by atoms with Crippen molar-refractivity contribution >= 4 is 15.8 Å². The van der Waals surface area contributed by atoms with Gasteiger partial charge in [0.1, 0.15) is 5.54 Å². The van der Waals surface area contributed by atoms with E-state index in [4.69, 9.17) is 0 Å². The molecule has 1 aliphatic heterocycles. The zero-order chi connectivity index (χ0) is 14.3. The lowest BCUT2D eigenvalue weighted by Crippen LogP contribution is -2.50. The Labute approximate surface area is 112 Å². The Balaban J connectivity index is 2.38. The molecule has 1 heterocycles. The predicted octanol–water partition coefficient (Wildman–Crippen LogP) is 1.36. The van der Waals surface area contributed by atoms with Crippen molar-refractivity contribution in [1.29, 1.82) is 0 Å². The Morgan fingerprint density at radius 2 is 2.11 bits per heavy atom. The normalized spacial score (nSPS) is 23.6. The lowest BCUT2D eigenvalue weighted by Gasteiger charge is -2.28. The van der Waals surface area contributed by atoms with Crippen molar-refractivity contribution < 1.29 is 18.3 Å². The lowest BCUT2D eigenvalue weighted by molar-refractivity contribution is -0.144. The molecule has 2 N–H and O–H groups in total. The largest absolute Gasteiger partial charge is 0.480 e. The number of fused-ring (bicyclic) bond motifs is 1. The summed E-state index contributed by atoms with van der Waals surface area (Å²) in [6.45, 7) is 3.33. The van der Waals surface area contributed by atoms with E-state index in [2.05, 4.69) is 5.32 Å². The highest BCUT2D eigenvalue weighted by atomic mass is 32.2. The maximum Gasteiger partial charge on any atom is 0.323 e. The molecule has 0 amide bonds. The third kappa shape index (κ3) is 2.37. The predicted molar refractivity (Wildman–Crippen MR) is 70.7 cm³/mol. The Morgan fingerprint density at radius 1 is 1.47 bits per heavy atom. The molecular formula is C13H17NO4S. The molecule has 6 heteroatoms. The molecule has 2 unspecified atom stereocenters. The van der Waals surface area contributed by atoms with Gasteiger partial charge in [-0.2, -0.15) is 0 Å². The molecule has 2 rings (SSSR count). The number of sulfone groups is 1. The molecule has 0 fully saturated rings. The minimum absolute atomic E-state index is 0.0881. The van der Waals surface area contributed by atoms with Gasteiger partial charge < -0.3 is 5.11 Å². The number of carboxylic acid groups (broad SMARTS) is 1. The fourth-order valence-electron chi connectivity index (χ4n) is 2.27. The second-order valence-corrected chi connectivity index (χ2v) is 7.01. The first-order valence-corrected chi connectivity index (χ1v) is 7.78. The van der Waals surface area contributed by atoms with E-state index in [1.54, 1.807) is 38.1 Å². The molecule has 5 nitrogen and oxygen atoms in total. The molecule has 0 aromatic heterocycles. The number of rotatable bonds is 4. The average molecular weight is 283 g/mol. The van der Waals surface area contributed by atoms with E-state index in [9.17, 15) is 18.3 Å². The highest BCUT2D eigenvalue weighted by Crippen LogP contribution is 2.34. The maximum absolute atomic E-state index is 12.0. The maximum atomic E-state index is 12.0. The molecule has 19 heavy (non-hydrogen) atoms. The van der Waals surface area contributed by atoms with Crippen LogP contribution in [0.3, 0.4) is 0 Å². The quantitative estimate of drug-likeness (QED) is 0.871. The summed E-state index contributed by atoms with van der Waals surface area (Å²) >= 11 is 0. The molecule has 0 bridgehead atoms. The SMILES string of the molecule is CCC(C)(NC1CS(=O)(=O)c2ccccc21)C(=O)O. The number of carbonyl (C=O) groups is 1. The molecule has 1 aromatic rings. The van der Waals surface area contributed by atoms with Crippen molar-refractivity contribution in [2.75, 3.05) is 5.75 Å². The van der Waals surface area contributed by atoms with Crippen LogP contribution in [0.1, 0.15) is 31.9 Å². The first-order valence-electron chi connectivity index (χ1n) is 6.13. The van der Waals surface area contributed by atoms with Crippen LogP contribution in [0.5, 0.6) is 0 Å². The van der Waals surface area contributed by atoms with E-state index < -0.39 is 27.4 Å². The number of nitrogens with one attached hydrogen (secondary N) is 1. The van der Waals surface area contributed by atoms with Gasteiger partial charge in [-0.15, -0.1) is 0 Å². The van der Waals surface area contributed by atoms with E-state index in [1.165, 1.54) is 0 Å². The minimum atomic E-state index is -3.32. The fraction of sp³-hybridized carbons (Fsp3) is 0.462. The van der Waals surface area contributed by atoms with Gasteiger partial charge in [0.15, 0.2) is 9.84 Å². The van der Waals surface area contributed by atoms with Gasteiger partial charge in [0, 0.05) is 6.04 Å². The average Bonchev–Trinajstić information content (AvgIpc) is 2.61. The Kier molecular flexibility index (Phi) is 3.40. The molecule has 0 aliphatic carbocycles. The summed E-state index contributed by atoms with van der Waals surface area (Å²) in [5.41, 5.74) is -0.471. The first kappa shape index (κ1) is 14.0. The fourth-order valence-corrected chi connectivity index (χ4v) is 4.01. The molecule has 0 radical (unpaired) electrons. The molecule has 0 saturated heterocycles. The Morgan fingerprint density at radius 3 is 2.68 bits per heavy atom. The van der Waals surface area contributed by atoms with Gasteiger partial charge in [-0.05, 0) is 25.0 Å². The lowest BCUT2D eigenvalue weighted by atomic mass is 9.96. The van der Waals surface area contributed by atoms with Crippen molar-refractivity contribution in [3.63, 3.8) is 0 Å². The van der Waals surface area contributed by atoms with Gasteiger partial charge in [-0.3, -0.25) is 10.1 Å². The van der Waals surface area contributed by atoms with Gasteiger partial charge in [0.2, 0.25) is 0 Å². The van der Waals surface area contributed by atoms with Crippen LogP contribution in [-0.2, 0) is 14.6 Å². The summed E-state index contributed by atoms with van der Waals surface area (Å²) in [5, 5.41) is 12.2. The molecule has 1 aromatic carbocycles. The highest BCUT2D eigenvalue weighted by Gasteiger charge is 2.40. The van der Waals surface area contributed by atoms with Crippen LogP contribution < -0.4 is 5.32 Å². The highest BCUT2D eigenvalue weighted by molar-refractivity contribution is 7.91. The third-order valence-electron chi connectivity index (χ3n) is 3.69. The van der Waals surface area contributed by atoms with E-state index >= 15 is 0 Å². The summed E-state index contributed by atoms with van der Waals surface area (Å²) < 4.78 is 24.0. The monoisotopic (exact) mass is 283 g/mol.